The van der Waals surface area contributed by atoms with Crippen LogP contribution in [0.15, 0.2) is 38.0 Å². The summed E-state index contributed by atoms with van der Waals surface area (Å²) in [5.41, 5.74) is 0. The molecular weight excluding hydrogens is 273 g/mol. The molecule has 0 aliphatic rings. The Labute approximate surface area is 172 Å². The summed E-state index contributed by atoms with van der Waals surface area (Å²) in [7, 11) is 0. The Balaban J connectivity index is -0.0000000277. The topological polar surface area (TPSA) is 120 Å². The maximum Gasteiger partial charge on any atom is 1.00 e. The van der Waals surface area contributed by atoms with Crippen molar-refractivity contribution in [2.45, 2.75) is 0 Å². The predicted octanol–water partition coefficient (Wildman–Crippen LogP) is -12.2. The SMILES string of the molecule is C=CC(=O)[O-].C=CC(=O)[O-].C=CC(=O)[O-].[Na+].[Na+].[Na+]. The molecule has 0 amide bonds. The molecule has 0 fully saturated rings. The summed E-state index contributed by atoms with van der Waals surface area (Å²) in [5.74, 6) is -3.69. The minimum absolute atomic E-state index is 0. The van der Waals surface area contributed by atoms with Crippen molar-refractivity contribution in [3.05, 3.63) is 38.0 Å². The van der Waals surface area contributed by atoms with Gasteiger partial charge in [0, 0.05) is 0 Å². The second-order valence-electron chi connectivity index (χ2n) is 1.57. The molecule has 84 valence electrons. The van der Waals surface area contributed by atoms with Crippen LogP contribution in [0.5, 0.6) is 0 Å². The van der Waals surface area contributed by atoms with Crippen molar-refractivity contribution in [3.8, 4) is 0 Å². The third kappa shape index (κ3) is 92.4. The summed E-state index contributed by atoms with van der Waals surface area (Å²) < 4.78 is 0. The first-order valence-electron chi connectivity index (χ1n) is 3.32. The Morgan fingerprint density at radius 2 is 0.667 bits per heavy atom. The molecule has 0 N–H and O–H groups in total. The van der Waals surface area contributed by atoms with Crippen LogP contribution in [-0.2, 0) is 14.4 Å². The average molecular weight is 282 g/mol. The van der Waals surface area contributed by atoms with Crippen LogP contribution in [0, 0.1) is 0 Å². The summed E-state index contributed by atoms with van der Waals surface area (Å²) in [6, 6.07) is 0. The molecule has 18 heavy (non-hydrogen) atoms. The van der Waals surface area contributed by atoms with E-state index in [4.69, 9.17) is 29.7 Å². The van der Waals surface area contributed by atoms with Crippen molar-refractivity contribution in [3.63, 3.8) is 0 Å². The monoisotopic (exact) mass is 282 g/mol. The van der Waals surface area contributed by atoms with E-state index in [0.717, 1.165) is 18.2 Å². The van der Waals surface area contributed by atoms with Crippen molar-refractivity contribution in [2.24, 2.45) is 0 Å². The zero-order valence-corrected chi connectivity index (χ0v) is 16.8. The number of carboxylic acids is 3. The standard InChI is InChI=1S/3C3H4O2.3Na/c3*1-2-3(4)5;;;/h3*2H,1H2,(H,4,5);;;/q;;;3*+1/p-3. The second kappa shape index (κ2) is 30.6. The number of aliphatic carboxylic acids is 3. The van der Waals surface area contributed by atoms with E-state index >= 15 is 0 Å². The molecule has 0 aliphatic heterocycles. The van der Waals surface area contributed by atoms with Gasteiger partial charge in [-0.05, 0) is 18.2 Å². The number of carbonyl (C=O) groups excluding carboxylic acids is 3. The van der Waals surface area contributed by atoms with Gasteiger partial charge in [0.05, 0.1) is 17.9 Å². The smallest absolute Gasteiger partial charge is 0.545 e. The predicted molar refractivity (Wildman–Crippen MR) is 45.6 cm³/mol. The van der Waals surface area contributed by atoms with E-state index in [1.165, 1.54) is 0 Å². The van der Waals surface area contributed by atoms with E-state index in [1.54, 1.807) is 0 Å². The first-order chi connectivity index (χ1) is 6.81. The number of hydrogen-bond donors (Lipinski definition) is 0. The molecule has 0 radical (unpaired) electrons. The van der Waals surface area contributed by atoms with E-state index in [2.05, 4.69) is 19.7 Å². The van der Waals surface area contributed by atoms with Crippen LogP contribution in [0.25, 0.3) is 0 Å². The fourth-order valence-corrected chi connectivity index (χ4v) is 0. The van der Waals surface area contributed by atoms with Gasteiger partial charge in [-0.25, -0.2) is 0 Å². The molecule has 0 spiro atoms. The Bertz CT molecular complexity index is 222. The van der Waals surface area contributed by atoms with Gasteiger partial charge in [0.1, 0.15) is 0 Å². The van der Waals surface area contributed by atoms with Crippen molar-refractivity contribution in [1.82, 2.24) is 0 Å². The normalized spacial score (nSPS) is 5.33. The van der Waals surface area contributed by atoms with Gasteiger partial charge in [0.2, 0.25) is 0 Å². The molecule has 0 aliphatic carbocycles. The molecule has 0 atom stereocenters. The van der Waals surface area contributed by atoms with Crippen LogP contribution in [0.4, 0.5) is 0 Å². The molecule has 0 saturated carbocycles. The van der Waals surface area contributed by atoms with Crippen LogP contribution in [0.2, 0.25) is 0 Å². The van der Waals surface area contributed by atoms with Crippen LogP contribution in [-0.4, -0.2) is 17.9 Å². The number of rotatable bonds is 3. The maximum atomic E-state index is 9.14. The summed E-state index contributed by atoms with van der Waals surface area (Å²) in [5, 5.41) is 27.4. The van der Waals surface area contributed by atoms with Gasteiger partial charge in [0.25, 0.3) is 0 Å². The average Bonchev–Trinajstić information content (AvgIpc) is 2.19. The van der Waals surface area contributed by atoms with Gasteiger partial charge in [-0.1, -0.05) is 19.7 Å². The number of carbonyl (C=O) groups is 3. The van der Waals surface area contributed by atoms with Crippen molar-refractivity contribution < 1.29 is 118 Å². The number of carboxylic acid groups (broad SMARTS) is 3. The molecule has 9 heteroatoms. The maximum absolute atomic E-state index is 9.14. The van der Waals surface area contributed by atoms with E-state index in [0.29, 0.717) is 0 Å². The van der Waals surface area contributed by atoms with Crippen LogP contribution >= 0.6 is 0 Å². The Morgan fingerprint density at radius 3 is 0.667 bits per heavy atom. The Hall–Kier alpha value is 0.630. The van der Waals surface area contributed by atoms with E-state index in [9.17, 15) is 0 Å². The molecule has 0 saturated heterocycles. The minimum Gasteiger partial charge on any atom is -0.545 e. The third-order valence-corrected chi connectivity index (χ3v) is 0.500. The van der Waals surface area contributed by atoms with Gasteiger partial charge in [-0.15, -0.1) is 0 Å². The second-order valence-corrected chi connectivity index (χ2v) is 1.57. The summed E-state index contributed by atoms with van der Waals surface area (Å²) in [4.78, 5) is 27.4. The molecule has 0 unspecified atom stereocenters. The van der Waals surface area contributed by atoms with E-state index < -0.39 is 17.9 Å². The summed E-state index contributed by atoms with van der Waals surface area (Å²) >= 11 is 0. The summed E-state index contributed by atoms with van der Waals surface area (Å²) in [6.07, 6.45) is 2.17. The zero-order valence-electron chi connectivity index (χ0n) is 10.8. The molecule has 0 aromatic heterocycles. The fourth-order valence-electron chi connectivity index (χ4n) is 0. The first kappa shape index (κ1) is 36.3. The van der Waals surface area contributed by atoms with Crippen LogP contribution in [0.1, 0.15) is 0 Å². The Kier molecular flexibility index (Phi) is 61.6. The fraction of sp³-hybridized carbons (Fsp3) is 0. The van der Waals surface area contributed by atoms with Crippen molar-refractivity contribution in [2.75, 3.05) is 0 Å². The molecular formula is C9H9Na3O6. The minimum atomic E-state index is -1.23. The van der Waals surface area contributed by atoms with E-state index in [-0.39, 0.29) is 88.7 Å². The number of hydrogen-bond acceptors (Lipinski definition) is 6. The zero-order chi connectivity index (χ0) is 12.9. The van der Waals surface area contributed by atoms with Crippen molar-refractivity contribution in [1.29, 1.82) is 0 Å². The van der Waals surface area contributed by atoms with E-state index in [1.807, 2.05) is 0 Å². The van der Waals surface area contributed by atoms with Crippen LogP contribution in [0.3, 0.4) is 0 Å². The van der Waals surface area contributed by atoms with Gasteiger partial charge >= 0.3 is 88.7 Å². The Morgan fingerprint density at radius 1 is 0.611 bits per heavy atom. The molecule has 0 heterocycles. The van der Waals surface area contributed by atoms with Gasteiger partial charge in [-0.3, -0.25) is 0 Å². The molecule has 6 nitrogen and oxygen atoms in total. The van der Waals surface area contributed by atoms with Gasteiger partial charge < -0.3 is 29.7 Å². The largest absolute Gasteiger partial charge is 1.00 e. The molecule has 0 rings (SSSR count). The quantitative estimate of drug-likeness (QED) is 0.374. The first-order valence-corrected chi connectivity index (χ1v) is 3.32. The molecule has 0 bridgehead atoms. The molecule has 0 aromatic carbocycles. The third-order valence-electron chi connectivity index (χ3n) is 0.500. The van der Waals surface area contributed by atoms with Crippen LogP contribution < -0.4 is 104 Å². The summed E-state index contributed by atoms with van der Waals surface area (Å²) in [6.45, 7) is 8.69. The van der Waals surface area contributed by atoms with Gasteiger partial charge in [-0.2, -0.15) is 0 Å². The molecule has 0 aromatic rings. The van der Waals surface area contributed by atoms with Gasteiger partial charge in [0.15, 0.2) is 0 Å². The van der Waals surface area contributed by atoms with Crippen molar-refractivity contribution >= 4 is 17.9 Å².